The summed E-state index contributed by atoms with van der Waals surface area (Å²) in [6.45, 7) is 0. The van der Waals surface area contributed by atoms with Crippen LogP contribution in [0.1, 0.15) is 6.42 Å². The van der Waals surface area contributed by atoms with Crippen molar-refractivity contribution in [1.29, 1.82) is 0 Å². The highest BCUT2D eigenvalue weighted by molar-refractivity contribution is 5.77. The van der Waals surface area contributed by atoms with Crippen molar-refractivity contribution in [3.63, 3.8) is 0 Å². The van der Waals surface area contributed by atoms with E-state index in [1.54, 1.807) is 0 Å². The van der Waals surface area contributed by atoms with Crippen LogP contribution in [0.2, 0.25) is 0 Å². The van der Waals surface area contributed by atoms with Crippen LogP contribution in [-0.2, 0) is 0 Å². The molecule has 0 atom stereocenters. The molecule has 0 aromatic heterocycles. The minimum atomic E-state index is 0.908. The molecular formula is C7H10N2O. The molecule has 3 nitrogen and oxygen atoms in total. The van der Waals surface area contributed by atoms with Gasteiger partial charge in [0.1, 0.15) is 0 Å². The maximum Gasteiger partial charge on any atom is 0.0895 e. The molecule has 1 heterocycles. The molecule has 3 heteroatoms. The highest BCUT2D eigenvalue weighted by Crippen LogP contribution is 2.07. The maximum absolute atomic E-state index is 8.21. The van der Waals surface area contributed by atoms with Crippen LogP contribution < -0.4 is 0 Å². The van der Waals surface area contributed by atoms with Crippen LogP contribution in [0.15, 0.2) is 29.2 Å². The summed E-state index contributed by atoms with van der Waals surface area (Å²) in [4.78, 5) is 1.89. The monoisotopic (exact) mass is 138 g/mol. The molecule has 0 spiro atoms. The molecule has 1 aliphatic heterocycles. The number of hydrogen-bond acceptors (Lipinski definition) is 3. The number of oxime groups is 1. The van der Waals surface area contributed by atoms with Gasteiger partial charge in [0.2, 0.25) is 0 Å². The van der Waals surface area contributed by atoms with E-state index in [0.29, 0.717) is 0 Å². The Bertz CT molecular complexity index is 194. The third-order valence-electron chi connectivity index (χ3n) is 1.39. The second-order valence-electron chi connectivity index (χ2n) is 2.10. The molecule has 10 heavy (non-hydrogen) atoms. The molecular weight excluding hydrogens is 128 g/mol. The topological polar surface area (TPSA) is 35.8 Å². The highest BCUT2D eigenvalue weighted by atomic mass is 16.4. The van der Waals surface area contributed by atoms with Gasteiger partial charge in [0.15, 0.2) is 0 Å². The van der Waals surface area contributed by atoms with E-state index in [4.69, 9.17) is 5.21 Å². The molecule has 54 valence electrons. The van der Waals surface area contributed by atoms with Crippen molar-refractivity contribution in [2.24, 2.45) is 5.16 Å². The van der Waals surface area contributed by atoms with E-state index in [1.165, 1.54) is 6.21 Å². The summed E-state index contributed by atoms with van der Waals surface area (Å²) in [6, 6.07) is 0. The van der Waals surface area contributed by atoms with E-state index in [0.717, 1.165) is 12.1 Å². The van der Waals surface area contributed by atoms with Gasteiger partial charge < -0.3 is 10.1 Å². The van der Waals surface area contributed by atoms with Crippen molar-refractivity contribution in [1.82, 2.24) is 4.90 Å². The van der Waals surface area contributed by atoms with Gasteiger partial charge in [0.25, 0.3) is 0 Å². The Morgan fingerprint density at radius 2 is 2.60 bits per heavy atom. The molecule has 0 amide bonds. The normalized spacial score (nSPS) is 18.1. The molecule has 0 saturated carbocycles. The van der Waals surface area contributed by atoms with E-state index in [2.05, 4.69) is 5.16 Å². The number of hydrogen-bond donors (Lipinski definition) is 1. The SMILES string of the molecule is CN1C=CCC=C1C=NO. The van der Waals surface area contributed by atoms with Gasteiger partial charge in [-0.05, 0) is 6.42 Å². The fourth-order valence-electron chi connectivity index (χ4n) is 0.841. The minimum absolute atomic E-state index is 0.908. The fourth-order valence-corrected chi connectivity index (χ4v) is 0.841. The third kappa shape index (κ3) is 1.37. The summed E-state index contributed by atoms with van der Waals surface area (Å²) in [6.07, 6.45) is 8.29. The first kappa shape index (κ1) is 6.86. The molecule has 1 N–H and O–H groups in total. The molecule has 0 aromatic rings. The average molecular weight is 138 g/mol. The van der Waals surface area contributed by atoms with E-state index in [9.17, 15) is 0 Å². The van der Waals surface area contributed by atoms with Crippen LogP contribution >= 0.6 is 0 Å². The summed E-state index contributed by atoms with van der Waals surface area (Å²) in [5.74, 6) is 0. The Kier molecular flexibility index (Phi) is 2.10. The van der Waals surface area contributed by atoms with Crippen molar-refractivity contribution in [3.8, 4) is 0 Å². The van der Waals surface area contributed by atoms with E-state index < -0.39 is 0 Å². The Labute approximate surface area is 59.9 Å². The lowest BCUT2D eigenvalue weighted by atomic mass is 10.2. The van der Waals surface area contributed by atoms with Crippen molar-refractivity contribution in [3.05, 3.63) is 24.0 Å². The van der Waals surface area contributed by atoms with Gasteiger partial charge in [-0.1, -0.05) is 17.3 Å². The Balaban J connectivity index is 2.66. The van der Waals surface area contributed by atoms with Gasteiger partial charge in [-0.3, -0.25) is 0 Å². The highest BCUT2D eigenvalue weighted by Gasteiger charge is 2.00. The molecule has 0 saturated heterocycles. The predicted octanol–water partition coefficient (Wildman–Crippen LogP) is 1.18. The maximum atomic E-state index is 8.21. The molecule has 1 rings (SSSR count). The van der Waals surface area contributed by atoms with Crippen LogP contribution in [-0.4, -0.2) is 23.4 Å². The number of nitrogens with zero attached hydrogens (tertiary/aromatic N) is 2. The van der Waals surface area contributed by atoms with E-state index in [-0.39, 0.29) is 0 Å². The van der Waals surface area contributed by atoms with Crippen LogP contribution in [0.5, 0.6) is 0 Å². The zero-order chi connectivity index (χ0) is 7.40. The summed E-state index contributed by atoms with van der Waals surface area (Å²) in [5, 5.41) is 11.2. The largest absolute Gasteiger partial charge is 0.411 e. The van der Waals surface area contributed by atoms with Gasteiger partial charge >= 0.3 is 0 Å². The lowest BCUT2D eigenvalue weighted by molar-refractivity contribution is 0.320. The standard InChI is InChI=1S/C7H10N2O/c1-9-5-3-2-4-7(9)6-8-10/h3-6,10H,2H2,1H3. The molecule has 0 aliphatic carbocycles. The minimum Gasteiger partial charge on any atom is -0.411 e. The van der Waals surface area contributed by atoms with Gasteiger partial charge in [0.05, 0.1) is 11.9 Å². The number of rotatable bonds is 1. The van der Waals surface area contributed by atoms with Gasteiger partial charge in [-0.25, -0.2) is 0 Å². The van der Waals surface area contributed by atoms with Crippen LogP contribution in [0, 0.1) is 0 Å². The summed E-state index contributed by atoms with van der Waals surface area (Å²) < 4.78 is 0. The quantitative estimate of drug-likeness (QED) is 0.335. The first-order chi connectivity index (χ1) is 4.84. The Morgan fingerprint density at radius 3 is 3.20 bits per heavy atom. The summed E-state index contributed by atoms with van der Waals surface area (Å²) in [7, 11) is 1.91. The first-order valence-electron chi connectivity index (χ1n) is 3.11. The molecule has 0 aromatic carbocycles. The molecule has 0 bridgehead atoms. The van der Waals surface area contributed by atoms with Gasteiger partial charge in [-0.2, -0.15) is 0 Å². The summed E-state index contributed by atoms with van der Waals surface area (Å²) >= 11 is 0. The Morgan fingerprint density at radius 1 is 1.80 bits per heavy atom. The van der Waals surface area contributed by atoms with Crippen LogP contribution in [0.4, 0.5) is 0 Å². The summed E-state index contributed by atoms with van der Waals surface area (Å²) in [5.41, 5.74) is 0.921. The lowest BCUT2D eigenvalue weighted by Gasteiger charge is -2.16. The van der Waals surface area contributed by atoms with Crippen molar-refractivity contribution in [2.45, 2.75) is 6.42 Å². The lowest BCUT2D eigenvalue weighted by Crippen LogP contribution is -2.13. The second-order valence-corrected chi connectivity index (χ2v) is 2.10. The third-order valence-corrected chi connectivity index (χ3v) is 1.39. The van der Waals surface area contributed by atoms with Gasteiger partial charge in [0, 0.05) is 13.2 Å². The van der Waals surface area contributed by atoms with Crippen LogP contribution in [0.25, 0.3) is 0 Å². The smallest absolute Gasteiger partial charge is 0.0895 e. The molecule has 0 unspecified atom stereocenters. The average Bonchev–Trinajstić information content (AvgIpc) is 1.94. The van der Waals surface area contributed by atoms with Crippen molar-refractivity contribution < 1.29 is 5.21 Å². The van der Waals surface area contributed by atoms with Crippen molar-refractivity contribution >= 4 is 6.21 Å². The first-order valence-corrected chi connectivity index (χ1v) is 3.11. The molecule has 1 aliphatic rings. The zero-order valence-corrected chi connectivity index (χ0v) is 5.86. The molecule has 0 radical (unpaired) electrons. The van der Waals surface area contributed by atoms with E-state index >= 15 is 0 Å². The van der Waals surface area contributed by atoms with Crippen LogP contribution in [0.3, 0.4) is 0 Å². The van der Waals surface area contributed by atoms with Gasteiger partial charge in [-0.15, -0.1) is 0 Å². The molecule has 0 fully saturated rings. The predicted molar refractivity (Wildman–Crippen MR) is 39.9 cm³/mol. The fraction of sp³-hybridized carbons (Fsp3) is 0.286. The Hall–Kier alpha value is -1.25. The zero-order valence-electron chi connectivity index (χ0n) is 5.86. The van der Waals surface area contributed by atoms with Crippen molar-refractivity contribution in [2.75, 3.05) is 7.05 Å². The second kappa shape index (κ2) is 3.06. The number of allylic oxidation sites excluding steroid dienone is 3. The van der Waals surface area contributed by atoms with E-state index in [1.807, 2.05) is 30.3 Å².